The maximum absolute atomic E-state index is 12.2. The fourth-order valence-corrected chi connectivity index (χ4v) is 3.27. The molecule has 2 aromatic carbocycles. The van der Waals surface area contributed by atoms with Crippen LogP contribution in [0.2, 0.25) is 0 Å². The lowest BCUT2D eigenvalue weighted by Crippen LogP contribution is -2.39. The Bertz CT molecular complexity index is 976. The van der Waals surface area contributed by atoms with Crippen molar-refractivity contribution in [2.45, 2.75) is 32.1 Å². The molecule has 6 heteroatoms. The SMILES string of the molecule is CCCOc1ccc2c(ccc3onc(C4CCC(=O)NC4=O)c32)c1. The largest absolute Gasteiger partial charge is 0.494 e. The van der Waals surface area contributed by atoms with Crippen molar-refractivity contribution in [2.24, 2.45) is 0 Å². The summed E-state index contributed by atoms with van der Waals surface area (Å²) >= 11 is 0. The maximum Gasteiger partial charge on any atom is 0.235 e. The molecule has 4 rings (SSSR count). The molecule has 0 aliphatic carbocycles. The molecule has 1 aliphatic rings. The molecule has 3 aromatic rings. The lowest BCUT2D eigenvalue weighted by atomic mass is 9.91. The first kappa shape index (κ1) is 15.6. The molecule has 1 fully saturated rings. The fourth-order valence-electron chi connectivity index (χ4n) is 3.27. The predicted molar refractivity (Wildman–Crippen MR) is 92.4 cm³/mol. The number of carbonyl (C=O) groups excluding carboxylic acids is 2. The zero-order chi connectivity index (χ0) is 17.4. The van der Waals surface area contributed by atoms with Crippen molar-refractivity contribution in [3.8, 4) is 5.75 Å². The highest BCUT2D eigenvalue weighted by Gasteiger charge is 2.32. The number of fused-ring (bicyclic) bond motifs is 3. The van der Waals surface area contributed by atoms with Crippen LogP contribution in [0, 0.1) is 0 Å². The van der Waals surface area contributed by atoms with Gasteiger partial charge in [0.15, 0.2) is 5.58 Å². The first-order valence-electron chi connectivity index (χ1n) is 8.46. The third-order valence-corrected chi connectivity index (χ3v) is 4.49. The summed E-state index contributed by atoms with van der Waals surface area (Å²) in [5.41, 5.74) is 1.22. The molecule has 2 amide bonds. The summed E-state index contributed by atoms with van der Waals surface area (Å²) in [5.74, 6) is -0.212. The van der Waals surface area contributed by atoms with Gasteiger partial charge < -0.3 is 9.26 Å². The van der Waals surface area contributed by atoms with Crippen molar-refractivity contribution in [3.05, 3.63) is 36.0 Å². The second kappa shape index (κ2) is 6.20. The summed E-state index contributed by atoms with van der Waals surface area (Å²) in [6.45, 7) is 2.73. The summed E-state index contributed by atoms with van der Waals surface area (Å²) in [5, 5.41) is 9.31. The molecule has 1 atom stereocenters. The molecule has 6 nitrogen and oxygen atoms in total. The van der Waals surface area contributed by atoms with Gasteiger partial charge in [-0.15, -0.1) is 0 Å². The van der Waals surface area contributed by atoms with E-state index in [9.17, 15) is 9.59 Å². The Kier molecular flexibility index (Phi) is 3.87. The smallest absolute Gasteiger partial charge is 0.235 e. The third kappa shape index (κ3) is 2.73. The number of amides is 2. The highest BCUT2D eigenvalue weighted by molar-refractivity contribution is 6.10. The van der Waals surface area contributed by atoms with Crippen LogP contribution in [-0.4, -0.2) is 23.6 Å². The van der Waals surface area contributed by atoms with E-state index in [1.807, 2.05) is 30.3 Å². The van der Waals surface area contributed by atoms with Gasteiger partial charge in [0.05, 0.1) is 17.9 Å². The number of benzene rings is 2. The van der Waals surface area contributed by atoms with E-state index in [4.69, 9.17) is 9.26 Å². The lowest BCUT2D eigenvalue weighted by molar-refractivity contribution is -0.134. The molecule has 2 heterocycles. The van der Waals surface area contributed by atoms with E-state index in [0.29, 0.717) is 30.7 Å². The van der Waals surface area contributed by atoms with E-state index in [1.165, 1.54) is 0 Å². The van der Waals surface area contributed by atoms with Crippen LogP contribution in [0.25, 0.3) is 21.7 Å². The minimum Gasteiger partial charge on any atom is -0.494 e. The van der Waals surface area contributed by atoms with E-state index < -0.39 is 5.92 Å². The molecular formula is C19H18N2O4. The normalized spacial score (nSPS) is 17.9. The van der Waals surface area contributed by atoms with Gasteiger partial charge in [0, 0.05) is 6.42 Å². The monoisotopic (exact) mass is 338 g/mol. The van der Waals surface area contributed by atoms with Gasteiger partial charge in [-0.1, -0.05) is 18.1 Å². The maximum atomic E-state index is 12.2. The van der Waals surface area contributed by atoms with Crippen LogP contribution >= 0.6 is 0 Å². The Morgan fingerprint density at radius 2 is 2.16 bits per heavy atom. The first-order chi connectivity index (χ1) is 12.2. The third-order valence-electron chi connectivity index (χ3n) is 4.49. The average Bonchev–Trinajstić information content (AvgIpc) is 3.04. The molecule has 1 aliphatic heterocycles. The van der Waals surface area contributed by atoms with Crippen LogP contribution < -0.4 is 10.1 Å². The fraction of sp³-hybridized carbons (Fsp3) is 0.316. The molecule has 1 saturated heterocycles. The van der Waals surface area contributed by atoms with Gasteiger partial charge in [0.1, 0.15) is 11.4 Å². The van der Waals surface area contributed by atoms with Crippen molar-refractivity contribution in [3.63, 3.8) is 0 Å². The average molecular weight is 338 g/mol. The summed E-state index contributed by atoms with van der Waals surface area (Å²) in [6, 6.07) is 9.67. The lowest BCUT2D eigenvalue weighted by Gasteiger charge is -2.19. The van der Waals surface area contributed by atoms with E-state index in [2.05, 4.69) is 17.4 Å². The van der Waals surface area contributed by atoms with E-state index in [1.54, 1.807) is 0 Å². The molecule has 0 bridgehead atoms. The van der Waals surface area contributed by atoms with Crippen LogP contribution in [0.4, 0.5) is 0 Å². The van der Waals surface area contributed by atoms with Crippen molar-refractivity contribution < 1.29 is 18.8 Å². The summed E-state index contributed by atoms with van der Waals surface area (Å²) in [6.07, 6.45) is 1.70. The van der Waals surface area contributed by atoms with E-state index in [-0.39, 0.29) is 11.8 Å². The van der Waals surface area contributed by atoms with Gasteiger partial charge in [0.25, 0.3) is 0 Å². The highest BCUT2D eigenvalue weighted by atomic mass is 16.5. The van der Waals surface area contributed by atoms with Gasteiger partial charge in [0.2, 0.25) is 11.8 Å². The van der Waals surface area contributed by atoms with E-state index in [0.717, 1.165) is 28.3 Å². The molecule has 1 N–H and O–H groups in total. The summed E-state index contributed by atoms with van der Waals surface area (Å²) in [7, 11) is 0. The van der Waals surface area contributed by atoms with Crippen molar-refractivity contribution in [1.29, 1.82) is 0 Å². The van der Waals surface area contributed by atoms with Crippen LogP contribution in [0.15, 0.2) is 34.9 Å². The number of piperidine rings is 1. The number of nitrogens with zero attached hydrogens (tertiary/aromatic N) is 1. The number of aromatic nitrogens is 1. The van der Waals surface area contributed by atoms with E-state index >= 15 is 0 Å². The standard InChI is InChI=1S/C19H18N2O4/c1-2-9-24-12-4-5-13-11(10-12)3-7-15-17(13)18(21-25-15)14-6-8-16(22)20-19(14)23/h3-5,7,10,14H,2,6,8-9H2,1H3,(H,20,22,23). The minimum atomic E-state index is -0.472. The second-order valence-corrected chi connectivity index (χ2v) is 6.24. The Morgan fingerprint density at radius 1 is 1.28 bits per heavy atom. The zero-order valence-electron chi connectivity index (χ0n) is 13.9. The summed E-state index contributed by atoms with van der Waals surface area (Å²) < 4.78 is 11.1. The molecular weight excluding hydrogens is 320 g/mol. The number of rotatable bonds is 4. The number of carbonyl (C=O) groups is 2. The van der Waals surface area contributed by atoms with Crippen LogP contribution in [0.5, 0.6) is 5.75 Å². The topological polar surface area (TPSA) is 81.4 Å². The molecule has 0 saturated carbocycles. The Labute approximate surface area is 144 Å². The zero-order valence-corrected chi connectivity index (χ0v) is 13.9. The number of imide groups is 1. The minimum absolute atomic E-state index is 0.239. The van der Waals surface area contributed by atoms with Crippen molar-refractivity contribution in [2.75, 3.05) is 6.61 Å². The van der Waals surface area contributed by atoms with Crippen molar-refractivity contribution >= 4 is 33.6 Å². The summed E-state index contributed by atoms with van der Waals surface area (Å²) in [4.78, 5) is 23.6. The van der Waals surface area contributed by atoms with Crippen LogP contribution in [0.3, 0.4) is 0 Å². The second-order valence-electron chi connectivity index (χ2n) is 6.24. The number of ether oxygens (including phenoxy) is 1. The Balaban J connectivity index is 1.82. The van der Waals surface area contributed by atoms with Gasteiger partial charge in [-0.3, -0.25) is 14.9 Å². The Morgan fingerprint density at radius 3 is 2.96 bits per heavy atom. The van der Waals surface area contributed by atoms with Crippen LogP contribution in [-0.2, 0) is 9.59 Å². The quantitative estimate of drug-likeness (QED) is 0.738. The Hall–Kier alpha value is -2.89. The number of nitrogens with one attached hydrogen (secondary N) is 1. The molecule has 0 radical (unpaired) electrons. The van der Waals surface area contributed by atoms with Crippen molar-refractivity contribution in [1.82, 2.24) is 10.5 Å². The number of hydrogen-bond donors (Lipinski definition) is 1. The number of hydrogen-bond acceptors (Lipinski definition) is 5. The molecule has 25 heavy (non-hydrogen) atoms. The predicted octanol–water partition coefficient (Wildman–Crippen LogP) is 3.29. The van der Waals surface area contributed by atoms with Gasteiger partial charge >= 0.3 is 0 Å². The molecule has 0 spiro atoms. The molecule has 128 valence electrons. The van der Waals surface area contributed by atoms with Crippen LogP contribution in [0.1, 0.15) is 37.8 Å². The highest BCUT2D eigenvalue weighted by Crippen LogP contribution is 2.36. The first-order valence-corrected chi connectivity index (χ1v) is 8.46. The van der Waals surface area contributed by atoms with Gasteiger partial charge in [-0.25, -0.2) is 0 Å². The van der Waals surface area contributed by atoms with Gasteiger partial charge in [-0.2, -0.15) is 0 Å². The molecule has 1 unspecified atom stereocenters. The molecule has 1 aromatic heterocycles. The van der Waals surface area contributed by atoms with Gasteiger partial charge in [-0.05, 0) is 47.9 Å².